The van der Waals surface area contributed by atoms with Gasteiger partial charge in [-0.3, -0.25) is 0 Å². The average molecular weight is 303 g/mol. The normalized spacial score (nSPS) is 14.3. The Bertz CT molecular complexity index is 565. The number of alkyl halides is 2. The topological polar surface area (TPSA) is 118 Å². The summed E-state index contributed by atoms with van der Waals surface area (Å²) in [6.45, 7) is 1.64. The van der Waals surface area contributed by atoms with E-state index in [9.17, 15) is 13.3 Å². The molecule has 2 unspecified atom stereocenters. The van der Waals surface area contributed by atoms with Gasteiger partial charge < -0.3 is 10.3 Å². The van der Waals surface area contributed by atoms with Crippen LogP contribution in [-0.4, -0.2) is 35.0 Å². The van der Waals surface area contributed by atoms with Crippen molar-refractivity contribution in [2.45, 2.75) is 18.7 Å². The minimum Gasteiger partial charge on any atom is -0.588 e. The Labute approximate surface area is 115 Å². The maximum absolute atomic E-state index is 12.2. The molecular weight excluding hydrogens is 292 g/mol. The van der Waals surface area contributed by atoms with Crippen molar-refractivity contribution in [2.24, 2.45) is 5.73 Å². The van der Waals surface area contributed by atoms with Gasteiger partial charge in [0.05, 0.1) is 6.04 Å². The van der Waals surface area contributed by atoms with E-state index in [4.69, 9.17) is 5.73 Å². The van der Waals surface area contributed by atoms with Crippen molar-refractivity contribution in [2.75, 3.05) is 4.72 Å². The fourth-order valence-corrected chi connectivity index (χ4v) is 1.70. The first-order valence-electron chi connectivity index (χ1n) is 5.44. The van der Waals surface area contributed by atoms with E-state index in [1.54, 1.807) is 13.0 Å². The summed E-state index contributed by atoms with van der Waals surface area (Å²) >= 11 is -2.59. The Hall–Kier alpha value is -1.85. The number of nitrogens with zero attached hydrogens (tertiary/aromatic N) is 5. The molecule has 0 spiro atoms. The first-order chi connectivity index (χ1) is 9.49. The Morgan fingerprint density at radius 2 is 2.05 bits per heavy atom. The van der Waals surface area contributed by atoms with Crippen molar-refractivity contribution in [3.8, 4) is 5.95 Å². The second-order valence-electron chi connectivity index (χ2n) is 3.70. The van der Waals surface area contributed by atoms with Gasteiger partial charge in [0, 0.05) is 12.4 Å². The van der Waals surface area contributed by atoms with E-state index in [0.717, 1.165) is 0 Å². The predicted octanol–water partition coefficient (Wildman–Crippen LogP) is 0.375. The molecule has 0 aliphatic rings. The summed E-state index contributed by atoms with van der Waals surface area (Å²) in [6.07, 6.45) is 2.97. The van der Waals surface area contributed by atoms with Crippen molar-refractivity contribution in [3.05, 3.63) is 24.3 Å². The number of nitrogens with two attached hydrogens (primary N) is 1. The second-order valence-corrected chi connectivity index (χ2v) is 4.86. The molecule has 3 N–H and O–H groups in total. The van der Waals surface area contributed by atoms with Crippen LogP contribution < -0.4 is 10.5 Å². The lowest BCUT2D eigenvalue weighted by atomic mass is 10.3. The number of anilines is 1. The summed E-state index contributed by atoms with van der Waals surface area (Å²) in [4.78, 5) is 11.8. The molecule has 2 heterocycles. The predicted molar refractivity (Wildman–Crippen MR) is 67.3 cm³/mol. The SMILES string of the molecule is CC(N)c1nc(N[S+]([O-])C(F)F)nn1-c1ncccn1. The third-order valence-corrected chi connectivity index (χ3v) is 2.84. The third-order valence-electron chi connectivity index (χ3n) is 2.13. The Kier molecular flexibility index (Phi) is 4.42. The van der Waals surface area contributed by atoms with Crippen LogP contribution in [0.3, 0.4) is 0 Å². The van der Waals surface area contributed by atoms with Crippen LogP contribution in [0.5, 0.6) is 0 Å². The highest BCUT2D eigenvalue weighted by Gasteiger charge is 2.25. The minimum absolute atomic E-state index is 0.183. The van der Waals surface area contributed by atoms with E-state index in [2.05, 4.69) is 20.1 Å². The maximum atomic E-state index is 12.2. The van der Waals surface area contributed by atoms with Crippen LogP contribution in [0.25, 0.3) is 5.95 Å². The van der Waals surface area contributed by atoms with Gasteiger partial charge in [0.15, 0.2) is 5.82 Å². The molecule has 2 aromatic heterocycles. The van der Waals surface area contributed by atoms with Gasteiger partial charge in [-0.25, -0.2) is 9.97 Å². The Morgan fingerprint density at radius 3 is 2.60 bits per heavy atom. The van der Waals surface area contributed by atoms with Gasteiger partial charge in [0.2, 0.25) is 0 Å². The van der Waals surface area contributed by atoms with E-state index in [0.29, 0.717) is 0 Å². The summed E-state index contributed by atoms with van der Waals surface area (Å²) in [6, 6.07) is 1.07. The van der Waals surface area contributed by atoms with Crippen molar-refractivity contribution >= 4 is 17.3 Å². The summed E-state index contributed by atoms with van der Waals surface area (Å²) < 4.78 is 38.7. The van der Waals surface area contributed by atoms with Crippen LogP contribution >= 0.6 is 0 Å². The Morgan fingerprint density at radius 1 is 1.40 bits per heavy atom. The molecule has 0 amide bonds. The average Bonchev–Trinajstić information content (AvgIpc) is 2.83. The molecule has 8 nitrogen and oxygen atoms in total. The fourth-order valence-electron chi connectivity index (χ4n) is 1.34. The molecule has 108 valence electrons. The molecule has 0 aromatic carbocycles. The van der Waals surface area contributed by atoms with Crippen molar-refractivity contribution < 1.29 is 13.3 Å². The van der Waals surface area contributed by atoms with Gasteiger partial charge in [0.1, 0.15) is 11.4 Å². The van der Waals surface area contributed by atoms with E-state index >= 15 is 0 Å². The van der Waals surface area contributed by atoms with Gasteiger partial charge in [0.25, 0.3) is 11.9 Å². The fraction of sp³-hybridized carbons (Fsp3) is 0.333. The first kappa shape index (κ1) is 14.6. The molecule has 0 aliphatic carbocycles. The van der Waals surface area contributed by atoms with Crippen LogP contribution in [0, 0.1) is 0 Å². The molecule has 0 aliphatic heterocycles. The van der Waals surface area contributed by atoms with E-state index in [1.165, 1.54) is 17.1 Å². The van der Waals surface area contributed by atoms with Crippen molar-refractivity contribution in [1.82, 2.24) is 24.7 Å². The number of rotatable bonds is 5. The quantitative estimate of drug-likeness (QED) is 0.766. The highest BCUT2D eigenvalue weighted by molar-refractivity contribution is 7.92. The number of hydrogen-bond donors (Lipinski definition) is 2. The van der Waals surface area contributed by atoms with Gasteiger partial charge in [-0.05, 0) is 13.0 Å². The zero-order valence-corrected chi connectivity index (χ0v) is 11.1. The highest BCUT2D eigenvalue weighted by Crippen LogP contribution is 2.16. The maximum Gasteiger partial charge on any atom is 0.421 e. The van der Waals surface area contributed by atoms with Gasteiger partial charge in [-0.2, -0.15) is 23.2 Å². The molecule has 0 fully saturated rings. The molecule has 11 heteroatoms. The lowest BCUT2D eigenvalue weighted by Crippen LogP contribution is -2.21. The van der Waals surface area contributed by atoms with Gasteiger partial charge >= 0.3 is 5.76 Å². The largest absolute Gasteiger partial charge is 0.588 e. The van der Waals surface area contributed by atoms with Crippen LogP contribution in [0.2, 0.25) is 0 Å². The zero-order chi connectivity index (χ0) is 14.7. The van der Waals surface area contributed by atoms with E-state index < -0.39 is 23.2 Å². The second kappa shape index (κ2) is 6.07. The summed E-state index contributed by atoms with van der Waals surface area (Å²) in [7, 11) is 0. The molecule has 0 saturated heterocycles. The van der Waals surface area contributed by atoms with Crippen molar-refractivity contribution in [1.29, 1.82) is 0 Å². The summed E-state index contributed by atoms with van der Waals surface area (Å²) in [5.74, 6) is -2.84. The zero-order valence-electron chi connectivity index (χ0n) is 10.3. The molecule has 20 heavy (non-hydrogen) atoms. The van der Waals surface area contributed by atoms with Crippen molar-refractivity contribution in [3.63, 3.8) is 0 Å². The number of aromatic nitrogens is 5. The molecule has 2 aromatic rings. The number of halogens is 2. The lowest BCUT2D eigenvalue weighted by molar-refractivity contribution is 0.236. The van der Waals surface area contributed by atoms with E-state index in [1.807, 2.05) is 4.72 Å². The molecule has 0 radical (unpaired) electrons. The molecular formula is C9H11F2N7OS. The number of hydrogen-bond acceptors (Lipinski definition) is 7. The standard InChI is InChI=1S/C9H11F2N7OS/c1-5(12)6-15-8(17-20(19)7(10)11)16-18(6)9-13-3-2-4-14-9/h2-5,7H,12H2,1H3,(H,16,17). The van der Waals surface area contributed by atoms with Crippen LogP contribution in [0.4, 0.5) is 14.7 Å². The lowest BCUT2D eigenvalue weighted by Gasteiger charge is -2.06. The molecule has 0 saturated carbocycles. The van der Waals surface area contributed by atoms with E-state index in [-0.39, 0.29) is 17.7 Å². The highest BCUT2D eigenvalue weighted by atomic mass is 32.2. The summed E-state index contributed by atoms with van der Waals surface area (Å²) in [5, 5.41) is 3.89. The van der Waals surface area contributed by atoms with Gasteiger partial charge in [-0.15, -0.1) is 5.10 Å². The first-order valence-corrected chi connectivity index (χ1v) is 6.65. The molecule has 2 rings (SSSR count). The Balaban J connectivity index is 2.34. The number of nitrogens with one attached hydrogen (secondary N) is 1. The summed E-state index contributed by atoms with van der Waals surface area (Å²) in [5.41, 5.74) is 5.73. The van der Waals surface area contributed by atoms with Crippen LogP contribution in [0.15, 0.2) is 18.5 Å². The van der Waals surface area contributed by atoms with Crippen LogP contribution in [0.1, 0.15) is 18.8 Å². The molecule has 0 bridgehead atoms. The minimum atomic E-state index is -3.05. The van der Waals surface area contributed by atoms with Gasteiger partial charge in [-0.1, -0.05) is 0 Å². The molecule has 2 atom stereocenters. The van der Waals surface area contributed by atoms with Crippen LogP contribution in [-0.2, 0) is 11.4 Å². The smallest absolute Gasteiger partial charge is 0.421 e. The monoisotopic (exact) mass is 303 g/mol. The third kappa shape index (κ3) is 3.18.